The monoisotopic (exact) mass is 362 g/mol. The summed E-state index contributed by atoms with van der Waals surface area (Å²) in [5, 5.41) is 19.4. The van der Waals surface area contributed by atoms with Gasteiger partial charge in [0.05, 0.1) is 0 Å². The molecule has 0 bridgehead atoms. The fraction of sp³-hybridized carbons (Fsp3) is 0.400. The number of phenols is 1. The maximum absolute atomic E-state index is 13.5. The third-order valence-corrected chi connectivity index (χ3v) is 4.91. The van der Waals surface area contributed by atoms with Gasteiger partial charge in [-0.2, -0.15) is 0 Å². The molecule has 26 heavy (non-hydrogen) atoms. The standard InChI is InChI=1S/C20H24F2N2O2/c21-18-6-5-15(11-19(18)22)12-24-9-8-23(14-17(24)7-10-25)13-16-3-1-2-4-20(16)26/h1-6,11,17,25-26H,7-10,12-14H2/t17-/m1/s1. The van der Waals surface area contributed by atoms with Crippen LogP contribution in [0.1, 0.15) is 17.5 Å². The van der Waals surface area contributed by atoms with E-state index in [2.05, 4.69) is 9.80 Å². The van der Waals surface area contributed by atoms with Gasteiger partial charge in [-0.15, -0.1) is 0 Å². The van der Waals surface area contributed by atoms with Crippen LogP contribution in [0.25, 0.3) is 0 Å². The molecular formula is C20H24F2N2O2. The topological polar surface area (TPSA) is 46.9 Å². The third kappa shape index (κ3) is 4.58. The number of piperazine rings is 1. The molecule has 1 atom stereocenters. The summed E-state index contributed by atoms with van der Waals surface area (Å²) in [6.07, 6.45) is 0.612. The first kappa shape index (κ1) is 18.8. The van der Waals surface area contributed by atoms with E-state index in [4.69, 9.17) is 0 Å². The van der Waals surface area contributed by atoms with Crippen molar-refractivity contribution in [2.24, 2.45) is 0 Å². The Morgan fingerprint density at radius 2 is 1.81 bits per heavy atom. The molecule has 0 spiro atoms. The summed E-state index contributed by atoms with van der Waals surface area (Å²) < 4.78 is 26.6. The number of phenolic OH excluding ortho intramolecular Hbond substituents is 1. The van der Waals surface area contributed by atoms with E-state index in [0.717, 1.165) is 36.8 Å². The number of halogens is 2. The Morgan fingerprint density at radius 3 is 2.54 bits per heavy atom. The molecule has 0 saturated carbocycles. The minimum Gasteiger partial charge on any atom is -0.508 e. The molecule has 0 radical (unpaired) electrons. The van der Waals surface area contributed by atoms with Crippen LogP contribution in [0.3, 0.4) is 0 Å². The summed E-state index contributed by atoms with van der Waals surface area (Å²) in [5.41, 5.74) is 1.60. The zero-order valence-corrected chi connectivity index (χ0v) is 14.6. The molecule has 4 nitrogen and oxygen atoms in total. The van der Waals surface area contributed by atoms with Crippen molar-refractivity contribution >= 4 is 0 Å². The molecule has 0 unspecified atom stereocenters. The van der Waals surface area contributed by atoms with Crippen molar-refractivity contribution < 1.29 is 19.0 Å². The van der Waals surface area contributed by atoms with Gasteiger partial charge in [-0.25, -0.2) is 8.78 Å². The number of aromatic hydroxyl groups is 1. The van der Waals surface area contributed by atoms with Crippen molar-refractivity contribution in [2.75, 3.05) is 26.2 Å². The second-order valence-electron chi connectivity index (χ2n) is 6.75. The number of para-hydroxylation sites is 1. The lowest BCUT2D eigenvalue weighted by molar-refractivity contribution is 0.0495. The Morgan fingerprint density at radius 1 is 1.00 bits per heavy atom. The van der Waals surface area contributed by atoms with Gasteiger partial charge in [0.1, 0.15) is 5.75 Å². The molecular weight excluding hydrogens is 338 g/mol. The highest BCUT2D eigenvalue weighted by atomic mass is 19.2. The van der Waals surface area contributed by atoms with Crippen LogP contribution in [-0.4, -0.2) is 52.3 Å². The lowest BCUT2D eigenvalue weighted by Crippen LogP contribution is -2.52. The molecule has 140 valence electrons. The lowest BCUT2D eigenvalue weighted by Gasteiger charge is -2.41. The smallest absolute Gasteiger partial charge is 0.159 e. The lowest BCUT2D eigenvalue weighted by atomic mass is 10.1. The number of benzene rings is 2. The van der Waals surface area contributed by atoms with E-state index in [-0.39, 0.29) is 18.4 Å². The highest BCUT2D eigenvalue weighted by molar-refractivity contribution is 5.31. The van der Waals surface area contributed by atoms with Crippen molar-refractivity contribution in [1.29, 1.82) is 0 Å². The van der Waals surface area contributed by atoms with E-state index >= 15 is 0 Å². The highest BCUT2D eigenvalue weighted by Gasteiger charge is 2.27. The summed E-state index contributed by atoms with van der Waals surface area (Å²) in [4.78, 5) is 4.45. The Balaban J connectivity index is 1.65. The number of aliphatic hydroxyl groups is 1. The minimum atomic E-state index is -0.840. The molecule has 1 heterocycles. The van der Waals surface area contributed by atoms with Crippen LogP contribution in [0.5, 0.6) is 5.75 Å². The fourth-order valence-corrected chi connectivity index (χ4v) is 3.49. The first-order valence-corrected chi connectivity index (χ1v) is 8.85. The predicted molar refractivity (Wildman–Crippen MR) is 95.6 cm³/mol. The molecule has 1 aliphatic heterocycles. The quantitative estimate of drug-likeness (QED) is 0.830. The van der Waals surface area contributed by atoms with E-state index in [0.29, 0.717) is 19.5 Å². The number of rotatable bonds is 6. The van der Waals surface area contributed by atoms with Crippen molar-refractivity contribution in [1.82, 2.24) is 9.80 Å². The van der Waals surface area contributed by atoms with Crippen LogP contribution >= 0.6 is 0 Å². The third-order valence-electron chi connectivity index (χ3n) is 4.91. The normalized spacial score (nSPS) is 19.0. The number of nitrogens with zero attached hydrogens (tertiary/aromatic N) is 2. The molecule has 2 N–H and O–H groups in total. The second kappa shape index (κ2) is 8.58. The zero-order chi connectivity index (χ0) is 18.5. The Bertz CT molecular complexity index is 742. The number of aliphatic hydroxyl groups excluding tert-OH is 1. The molecule has 2 aromatic carbocycles. The van der Waals surface area contributed by atoms with Gasteiger partial charge in [0, 0.05) is 50.9 Å². The summed E-state index contributed by atoms with van der Waals surface area (Å²) >= 11 is 0. The number of hydrogen-bond acceptors (Lipinski definition) is 4. The average Bonchev–Trinajstić information content (AvgIpc) is 2.62. The second-order valence-corrected chi connectivity index (χ2v) is 6.75. The first-order chi connectivity index (χ1) is 12.6. The maximum Gasteiger partial charge on any atom is 0.159 e. The SMILES string of the molecule is OCC[C@@H]1CN(Cc2ccccc2O)CCN1Cc1ccc(F)c(F)c1. The van der Waals surface area contributed by atoms with Crippen LogP contribution in [0.2, 0.25) is 0 Å². The van der Waals surface area contributed by atoms with Crippen LogP contribution in [0.15, 0.2) is 42.5 Å². The molecule has 0 aromatic heterocycles. The largest absolute Gasteiger partial charge is 0.508 e. The van der Waals surface area contributed by atoms with E-state index in [1.165, 1.54) is 6.07 Å². The predicted octanol–water partition coefficient (Wildman–Crippen LogP) is 2.74. The summed E-state index contributed by atoms with van der Waals surface area (Å²) in [7, 11) is 0. The van der Waals surface area contributed by atoms with Gasteiger partial charge in [-0.3, -0.25) is 9.80 Å². The van der Waals surface area contributed by atoms with Gasteiger partial charge in [-0.05, 0) is 30.2 Å². The molecule has 2 aromatic rings. The van der Waals surface area contributed by atoms with E-state index in [1.807, 2.05) is 12.1 Å². The molecule has 0 aliphatic carbocycles. The van der Waals surface area contributed by atoms with Crippen LogP contribution in [-0.2, 0) is 13.1 Å². The molecule has 6 heteroatoms. The van der Waals surface area contributed by atoms with Crippen LogP contribution in [0, 0.1) is 11.6 Å². The fourth-order valence-electron chi connectivity index (χ4n) is 3.49. The zero-order valence-electron chi connectivity index (χ0n) is 14.6. The Hall–Kier alpha value is -2.02. The molecule has 0 amide bonds. The number of hydrogen-bond donors (Lipinski definition) is 2. The van der Waals surface area contributed by atoms with Gasteiger partial charge in [-0.1, -0.05) is 24.3 Å². The molecule has 3 rings (SSSR count). The van der Waals surface area contributed by atoms with Crippen LogP contribution in [0.4, 0.5) is 8.78 Å². The van der Waals surface area contributed by atoms with Crippen LogP contribution < -0.4 is 0 Å². The summed E-state index contributed by atoms with van der Waals surface area (Å²) in [6.45, 7) is 3.55. The van der Waals surface area contributed by atoms with Gasteiger partial charge in [0.15, 0.2) is 11.6 Å². The van der Waals surface area contributed by atoms with Gasteiger partial charge in [0.2, 0.25) is 0 Å². The van der Waals surface area contributed by atoms with Crippen molar-refractivity contribution in [3.05, 3.63) is 65.2 Å². The van der Waals surface area contributed by atoms with Gasteiger partial charge in [0.25, 0.3) is 0 Å². The average molecular weight is 362 g/mol. The van der Waals surface area contributed by atoms with Gasteiger partial charge >= 0.3 is 0 Å². The van der Waals surface area contributed by atoms with Crippen molar-refractivity contribution in [3.63, 3.8) is 0 Å². The first-order valence-electron chi connectivity index (χ1n) is 8.85. The maximum atomic E-state index is 13.5. The Kier molecular flexibility index (Phi) is 6.19. The summed E-state index contributed by atoms with van der Waals surface area (Å²) in [5.74, 6) is -1.39. The van der Waals surface area contributed by atoms with Crippen molar-refractivity contribution in [3.8, 4) is 5.75 Å². The van der Waals surface area contributed by atoms with Crippen molar-refractivity contribution in [2.45, 2.75) is 25.6 Å². The Labute approximate surface area is 152 Å². The van der Waals surface area contributed by atoms with E-state index in [9.17, 15) is 19.0 Å². The van der Waals surface area contributed by atoms with E-state index < -0.39 is 11.6 Å². The van der Waals surface area contributed by atoms with E-state index in [1.54, 1.807) is 18.2 Å². The minimum absolute atomic E-state index is 0.0728. The molecule has 1 aliphatic rings. The van der Waals surface area contributed by atoms with Gasteiger partial charge < -0.3 is 10.2 Å². The highest BCUT2D eigenvalue weighted by Crippen LogP contribution is 2.22. The molecule has 1 fully saturated rings. The summed E-state index contributed by atoms with van der Waals surface area (Å²) in [6, 6.07) is 11.4. The molecule has 1 saturated heterocycles.